The molecule has 1 atom stereocenters. The predicted molar refractivity (Wildman–Crippen MR) is 71.3 cm³/mol. The largest absolute Gasteiger partial charge is 0.465 e. The van der Waals surface area contributed by atoms with Gasteiger partial charge in [0.05, 0.1) is 6.61 Å². The number of aromatic nitrogens is 1. The van der Waals surface area contributed by atoms with Crippen LogP contribution in [0, 0.1) is 0 Å². The molecular weight excluding hydrogens is 228 g/mol. The fourth-order valence-electron chi connectivity index (χ4n) is 1.89. The van der Waals surface area contributed by atoms with Crippen LogP contribution in [0.15, 0.2) is 24.4 Å². The fourth-order valence-corrected chi connectivity index (χ4v) is 1.89. The van der Waals surface area contributed by atoms with Crippen LogP contribution in [0.3, 0.4) is 0 Å². The molecule has 0 bridgehead atoms. The topological polar surface area (TPSA) is 42.4 Å². The smallest absolute Gasteiger partial charge is 0.323 e. The molecule has 1 unspecified atom stereocenters. The van der Waals surface area contributed by atoms with Crippen LogP contribution in [-0.2, 0) is 16.0 Å². The summed E-state index contributed by atoms with van der Waals surface area (Å²) < 4.78 is 5.07. The van der Waals surface area contributed by atoms with E-state index in [0.29, 0.717) is 6.61 Å². The van der Waals surface area contributed by atoms with Crippen LogP contribution in [0.5, 0.6) is 0 Å². The Balaban J connectivity index is 2.47. The van der Waals surface area contributed by atoms with Crippen LogP contribution in [-0.4, -0.2) is 42.1 Å². The molecular formula is C14H22N2O2. The Morgan fingerprint density at radius 2 is 2.22 bits per heavy atom. The maximum Gasteiger partial charge on any atom is 0.323 e. The van der Waals surface area contributed by atoms with Crippen molar-refractivity contribution in [3.05, 3.63) is 30.1 Å². The zero-order chi connectivity index (χ0) is 13.4. The summed E-state index contributed by atoms with van der Waals surface area (Å²) in [7, 11) is 1.95. The average Bonchev–Trinajstić information content (AvgIpc) is 2.39. The summed E-state index contributed by atoms with van der Waals surface area (Å²) in [5.74, 6) is -0.136. The van der Waals surface area contributed by atoms with Gasteiger partial charge in [-0.1, -0.05) is 13.0 Å². The third-order valence-corrected chi connectivity index (χ3v) is 2.92. The van der Waals surface area contributed by atoms with Crippen molar-refractivity contribution < 1.29 is 9.53 Å². The monoisotopic (exact) mass is 250 g/mol. The molecule has 0 aliphatic carbocycles. The van der Waals surface area contributed by atoms with E-state index in [2.05, 4.69) is 4.98 Å². The van der Waals surface area contributed by atoms with Gasteiger partial charge in [-0.25, -0.2) is 0 Å². The zero-order valence-corrected chi connectivity index (χ0v) is 11.4. The van der Waals surface area contributed by atoms with E-state index in [4.69, 9.17) is 4.74 Å². The molecule has 0 fully saturated rings. The van der Waals surface area contributed by atoms with Gasteiger partial charge in [0.15, 0.2) is 0 Å². The maximum atomic E-state index is 11.7. The Kier molecular flexibility index (Phi) is 6.36. The molecule has 0 aliphatic rings. The second kappa shape index (κ2) is 7.82. The van der Waals surface area contributed by atoms with Crippen molar-refractivity contribution >= 4 is 5.97 Å². The minimum absolute atomic E-state index is 0.136. The molecule has 18 heavy (non-hydrogen) atoms. The van der Waals surface area contributed by atoms with Gasteiger partial charge in [0.25, 0.3) is 0 Å². The lowest BCUT2D eigenvalue weighted by molar-refractivity contribution is -0.149. The molecule has 0 N–H and O–H groups in total. The molecule has 0 saturated heterocycles. The van der Waals surface area contributed by atoms with Crippen molar-refractivity contribution in [3.63, 3.8) is 0 Å². The molecule has 1 rings (SSSR count). The summed E-state index contributed by atoms with van der Waals surface area (Å²) in [5.41, 5.74) is 1.04. The van der Waals surface area contributed by atoms with Crippen molar-refractivity contribution in [1.82, 2.24) is 9.88 Å². The molecule has 4 heteroatoms. The second-order valence-corrected chi connectivity index (χ2v) is 4.23. The molecule has 0 amide bonds. The van der Waals surface area contributed by atoms with Crippen molar-refractivity contribution in [1.29, 1.82) is 0 Å². The van der Waals surface area contributed by atoms with Gasteiger partial charge in [0, 0.05) is 24.9 Å². The average molecular weight is 250 g/mol. The Labute approximate surface area is 109 Å². The van der Waals surface area contributed by atoms with Crippen molar-refractivity contribution in [3.8, 4) is 0 Å². The lowest BCUT2D eigenvalue weighted by Crippen LogP contribution is -2.40. The number of esters is 1. The lowest BCUT2D eigenvalue weighted by atomic mass is 10.2. The van der Waals surface area contributed by atoms with E-state index in [-0.39, 0.29) is 12.0 Å². The first-order valence-electron chi connectivity index (χ1n) is 6.45. The Morgan fingerprint density at radius 1 is 1.44 bits per heavy atom. The number of carbonyl (C=O) groups is 1. The Hall–Kier alpha value is -1.42. The SMILES string of the molecule is CCOC(=O)C(CC)N(C)CCc1ccccn1. The first kappa shape index (κ1) is 14.6. The fraction of sp³-hybridized carbons (Fsp3) is 0.571. The van der Waals surface area contributed by atoms with E-state index in [1.807, 2.05) is 44.0 Å². The molecule has 0 spiro atoms. The Bertz CT molecular complexity index is 354. The van der Waals surface area contributed by atoms with E-state index in [0.717, 1.165) is 25.1 Å². The predicted octanol–water partition coefficient (Wildman–Crippen LogP) is 1.90. The lowest BCUT2D eigenvalue weighted by Gasteiger charge is -2.25. The summed E-state index contributed by atoms with van der Waals surface area (Å²) in [4.78, 5) is 18.1. The standard InChI is InChI=1S/C14H22N2O2/c1-4-13(14(17)18-5-2)16(3)11-9-12-8-6-7-10-15-12/h6-8,10,13H,4-5,9,11H2,1-3H3. The highest BCUT2D eigenvalue weighted by molar-refractivity contribution is 5.75. The van der Waals surface area contributed by atoms with Crippen LogP contribution in [0.4, 0.5) is 0 Å². The van der Waals surface area contributed by atoms with E-state index in [1.54, 1.807) is 6.20 Å². The molecule has 1 aromatic heterocycles. The zero-order valence-electron chi connectivity index (χ0n) is 11.4. The van der Waals surface area contributed by atoms with Gasteiger partial charge >= 0.3 is 5.97 Å². The summed E-state index contributed by atoms with van der Waals surface area (Å²) in [6, 6.07) is 5.72. The number of hydrogen-bond acceptors (Lipinski definition) is 4. The second-order valence-electron chi connectivity index (χ2n) is 4.23. The van der Waals surface area contributed by atoms with Gasteiger partial charge in [0.1, 0.15) is 6.04 Å². The minimum atomic E-state index is -0.159. The molecule has 1 aromatic rings. The molecule has 0 radical (unpaired) electrons. The first-order chi connectivity index (χ1) is 8.69. The number of likely N-dealkylation sites (N-methyl/N-ethyl adjacent to an activating group) is 1. The number of rotatable bonds is 7. The van der Waals surface area contributed by atoms with E-state index in [9.17, 15) is 4.79 Å². The third kappa shape index (κ3) is 4.45. The van der Waals surface area contributed by atoms with Crippen molar-refractivity contribution in [2.24, 2.45) is 0 Å². The van der Waals surface area contributed by atoms with Gasteiger partial charge in [-0.2, -0.15) is 0 Å². The van der Waals surface area contributed by atoms with E-state index in [1.165, 1.54) is 0 Å². The number of hydrogen-bond donors (Lipinski definition) is 0. The highest BCUT2D eigenvalue weighted by atomic mass is 16.5. The van der Waals surface area contributed by atoms with Gasteiger partial charge in [-0.15, -0.1) is 0 Å². The number of pyridine rings is 1. The Morgan fingerprint density at radius 3 is 2.78 bits per heavy atom. The summed E-state index contributed by atoms with van der Waals surface area (Å²) in [6.07, 6.45) is 3.39. The van der Waals surface area contributed by atoms with Crippen molar-refractivity contribution in [2.45, 2.75) is 32.7 Å². The number of ether oxygens (including phenoxy) is 1. The summed E-state index contributed by atoms with van der Waals surface area (Å²) >= 11 is 0. The summed E-state index contributed by atoms with van der Waals surface area (Å²) in [5, 5.41) is 0. The highest BCUT2D eigenvalue weighted by Crippen LogP contribution is 2.06. The van der Waals surface area contributed by atoms with Crippen LogP contribution in [0.2, 0.25) is 0 Å². The van der Waals surface area contributed by atoms with Gasteiger partial charge in [-0.3, -0.25) is 14.7 Å². The van der Waals surface area contributed by atoms with Crippen LogP contribution < -0.4 is 0 Å². The summed E-state index contributed by atoms with van der Waals surface area (Å²) in [6.45, 7) is 5.06. The minimum Gasteiger partial charge on any atom is -0.465 e. The normalized spacial score (nSPS) is 12.4. The van der Waals surface area contributed by atoms with Gasteiger partial charge in [-0.05, 0) is 32.5 Å². The van der Waals surface area contributed by atoms with Crippen molar-refractivity contribution in [2.75, 3.05) is 20.2 Å². The molecule has 0 aromatic carbocycles. The molecule has 4 nitrogen and oxygen atoms in total. The van der Waals surface area contributed by atoms with E-state index < -0.39 is 0 Å². The molecule has 0 saturated carbocycles. The molecule has 0 aliphatic heterocycles. The van der Waals surface area contributed by atoms with Crippen LogP contribution >= 0.6 is 0 Å². The highest BCUT2D eigenvalue weighted by Gasteiger charge is 2.22. The quantitative estimate of drug-likeness (QED) is 0.693. The molecule has 1 heterocycles. The maximum absolute atomic E-state index is 11.7. The number of nitrogens with zero attached hydrogens (tertiary/aromatic N) is 2. The van der Waals surface area contributed by atoms with Gasteiger partial charge in [0.2, 0.25) is 0 Å². The first-order valence-corrected chi connectivity index (χ1v) is 6.45. The van der Waals surface area contributed by atoms with Crippen LogP contribution in [0.1, 0.15) is 26.0 Å². The third-order valence-electron chi connectivity index (χ3n) is 2.92. The van der Waals surface area contributed by atoms with E-state index >= 15 is 0 Å². The van der Waals surface area contributed by atoms with Gasteiger partial charge < -0.3 is 4.74 Å². The number of carbonyl (C=O) groups excluding carboxylic acids is 1. The van der Waals surface area contributed by atoms with Crippen LogP contribution in [0.25, 0.3) is 0 Å². The molecule has 100 valence electrons.